The van der Waals surface area contributed by atoms with Gasteiger partial charge in [-0.15, -0.1) is 0 Å². The van der Waals surface area contributed by atoms with Gasteiger partial charge in [-0.05, 0) is 107 Å². The lowest BCUT2D eigenvalue weighted by molar-refractivity contribution is 0.0248. The van der Waals surface area contributed by atoms with Crippen LogP contribution in [0.15, 0.2) is 48.5 Å². The van der Waals surface area contributed by atoms with Crippen LogP contribution in [0.4, 0.5) is 4.79 Å². The number of carbonyl (C=O) groups excluding carboxylic acids is 1. The summed E-state index contributed by atoms with van der Waals surface area (Å²) >= 11 is 0. The van der Waals surface area contributed by atoms with Gasteiger partial charge in [0.1, 0.15) is 23.2 Å². The SMILES string of the molecule is CCC(NC(=O)OC(C)(C)C)C1(CC)CCC(Oc2ccc3c(c2)CCC(c2ccccc2)O3)CC1. The fourth-order valence-electron chi connectivity index (χ4n) is 5.90. The van der Waals surface area contributed by atoms with E-state index in [2.05, 4.69) is 55.6 Å². The number of hydrogen-bond donors (Lipinski definition) is 1. The first-order valence-corrected chi connectivity index (χ1v) is 13.7. The van der Waals surface area contributed by atoms with Crippen molar-refractivity contribution in [2.45, 2.75) is 110 Å². The van der Waals surface area contributed by atoms with E-state index in [1.165, 1.54) is 11.1 Å². The number of hydrogen-bond acceptors (Lipinski definition) is 4. The Morgan fingerprint density at radius 1 is 1.08 bits per heavy atom. The van der Waals surface area contributed by atoms with Crippen molar-refractivity contribution in [2.24, 2.45) is 5.41 Å². The van der Waals surface area contributed by atoms with Crippen LogP contribution in [-0.4, -0.2) is 23.8 Å². The van der Waals surface area contributed by atoms with E-state index in [1.54, 1.807) is 0 Å². The first kappa shape index (κ1) is 26.4. The van der Waals surface area contributed by atoms with Crippen molar-refractivity contribution < 1.29 is 19.0 Å². The van der Waals surface area contributed by atoms with Crippen LogP contribution < -0.4 is 14.8 Å². The fraction of sp³-hybridized carbons (Fsp3) is 0.581. The van der Waals surface area contributed by atoms with Crippen LogP contribution in [0.25, 0.3) is 0 Å². The van der Waals surface area contributed by atoms with Gasteiger partial charge in [0.25, 0.3) is 0 Å². The maximum Gasteiger partial charge on any atom is 0.407 e. The number of amides is 1. The molecule has 2 aliphatic rings. The predicted molar refractivity (Wildman–Crippen MR) is 144 cm³/mol. The predicted octanol–water partition coefficient (Wildman–Crippen LogP) is 7.77. The van der Waals surface area contributed by atoms with Gasteiger partial charge in [0.2, 0.25) is 0 Å². The van der Waals surface area contributed by atoms with Crippen LogP contribution in [0.2, 0.25) is 0 Å². The molecule has 5 nitrogen and oxygen atoms in total. The minimum Gasteiger partial charge on any atom is -0.490 e. The second-order valence-electron chi connectivity index (χ2n) is 11.5. The van der Waals surface area contributed by atoms with Gasteiger partial charge in [-0.2, -0.15) is 0 Å². The quantitative estimate of drug-likeness (QED) is 0.428. The minimum absolute atomic E-state index is 0.0850. The number of rotatable bonds is 7. The maximum absolute atomic E-state index is 12.5. The van der Waals surface area contributed by atoms with E-state index in [9.17, 15) is 4.79 Å². The molecule has 1 saturated carbocycles. The summed E-state index contributed by atoms with van der Waals surface area (Å²) in [7, 11) is 0. The Morgan fingerprint density at radius 2 is 1.81 bits per heavy atom. The largest absolute Gasteiger partial charge is 0.490 e. The van der Waals surface area contributed by atoms with Crippen molar-refractivity contribution in [3.05, 3.63) is 59.7 Å². The van der Waals surface area contributed by atoms with Crippen molar-refractivity contribution in [1.29, 1.82) is 0 Å². The molecule has 0 radical (unpaired) electrons. The van der Waals surface area contributed by atoms with E-state index in [0.717, 1.165) is 62.9 Å². The summed E-state index contributed by atoms with van der Waals surface area (Å²) in [6, 6.07) is 16.8. The number of alkyl carbamates (subject to hydrolysis) is 1. The molecule has 1 N–H and O–H groups in total. The summed E-state index contributed by atoms with van der Waals surface area (Å²) in [6.07, 6.45) is 7.95. The summed E-state index contributed by atoms with van der Waals surface area (Å²) in [5.41, 5.74) is 2.06. The molecule has 0 aromatic heterocycles. The van der Waals surface area contributed by atoms with Crippen molar-refractivity contribution in [3.8, 4) is 11.5 Å². The fourth-order valence-corrected chi connectivity index (χ4v) is 5.90. The van der Waals surface area contributed by atoms with E-state index in [0.29, 0.717) is 0 Å². The highest BCUT2D eigenvalue weighted by Gasteiger charge is 2.41. The van der Waals surface area contributed by atoms with Gasteiger partial charge in [-0.25, -0.2) is 4.79 Å². The van der Waals surface area contributed by atoms with Gasteiger partial charge in [0.15, 0.2) is 0 Å². The topological polar surface area (TPSA) is 56.8 Å². The van der Waals surface area contributed by atoms with Crippen LogP contribution >= 0.6 is 0 Å². The number of ether oxygens (including phenoxy) is 3. The van der Waals surface area contributed by atoms with E-state index in [4.69, 9.17) is 14.2 Å². The Labute approximate surface area is 216 Å². The Kier molecular flexibility index (Phi) is 8.17. The molecule has 196 valence electrons. The molecule has 1 aliphatic heterocycles. The molecule has 2 unspecified atom stereocenters. The molecule has 5 heteroatoms. The standard InChI is InChI=1S/C31H43NO4/c1-6-28(32-29(33)36-30(3,4)5)31(7-2)19-17-24(18-20-31)34-25-14-16-27-23(21-25)13-15-26(35-27)22-11-9-8-10-12-22/h8-12,14,16,21,24,26,28H,6-7,13,15,17-20H2,1-5H3,(H,32,33). The molecule has 36 heavy (non-hydrogen) atoms. The van der Waals surface area contributed by atoms with Gasteiger partial charge in [-0.1, -0.05) is 44.2 Å². The van der Waals surface area contributed by atoms with Gasteiger partial charge >= 0.3 is 6.09 Å². The van der Waals surface area contributed by atoms with E-state index in [1.807, 2.05) is 32.9 Å². The lowest BCUT2D eigenvalue weighted by Gasteiger charge is -2.45. The highest BCUT2D eigenvalue weighted by molar-refractivity contribution is 5.68. The lowest BCUT2D eigenvalue weighted by Crippen LogP contribution is -2.50. The molecule has 0 bridgehead atoms. The van der Waals surface area contributed by atoms with Crippen molar-refractivity contribution in [3.63, 3.8) is 0 Å². The summed E-state index contributed by atoms with van der Waals surface area (Å²) in [5, 5.41) is 3.18. The minimum atomic E-state index is -0.490. The van der Waals surface area contributed by atoms with E-state index < -0.39 is 5.60 Å². The molecule has 2 atom stereocenters. The van der Waals surface area contributed by atoms with Crippen molar-refractivity contribution >= 4 is 6.09 Å². The Morgan fingerprint density at radius 3 is 2.44 bits per heavy atom. The number of benzene rings is 2. The third-order valence-electron chi connectivity index (χ3n) is 7.92. The first-order valence-electron chi connectivity index (χ1n) is 13.7. The normalized spacial score (nSPS) is 24.7. The second-order valence-corrected chi connectivity index (χ2v) is 11.5. The Hall–Kier alpha value is -2.69. The van der Waals surface area contributed by atoms with Gasteiger partial charge in [0, 0.05) is 6.04 Å². The molecule has 0 spiro atoms. The summed E-state index contributed by atoms with van der Waals surface area (Å²) in [6.45, 7) is 10.1. The molecule has 2 aromatic carbocycles. The number of fused-ring (bicyclic) bond motifs is 1. The summed E-state index contributed by atoms with van der Waals surface area (Å²) in [5.74, 6) is 1.90. The van der Waals surface area contributed by atoms with Crippen LogP contribution in [0.3, 0.4) is 0 Å². The van der Waals surface area contributed by atoms with Gasteiger partial charge in [-0.3, -0.25) is 0 Å². The Bertz CT molecular complexity index is 1000. The monoisotopic (exact) mass is 493 g/mol. The maximum atomic E-state index is 12.5. The molecule has 1 heterocycles. The molecular weight excluding hydrogens is 450 g/mol. The van der Waals surface area contributed by atoms with Crippen LogP contribution in [-0.2, 0) is 11.2 Å². The number of nitrogens with one attached hydrogen (secondary N) is 1. The molecular formula is C31H43NO4. The number of aryl methyl sites for hydroxylation is 1. The average Bonchev–Trinajstić information content (AvgIpc) is 2.87. The molecule has 2 aromatic rings. The zero-order valence-corrected chi connectivity index (χ0v) is 22.6. The second kappa shape index (κ2) is 11.1. The van der Waals surface area contributed by atoms with Gasteiger partial charge < -0.3 is 19.5 Å². The van der Waals surface area contributed by atoms with E-state index >= 15 is 0 Å². The molecule has 1 fully saturated rings. The zero-order chi connectivity index (χ0) is 25.8. The molecule has 1 amide bonds. The third-order valence-corrected chi connectivity index (χ3v) is 7.92. The van der Waals surface area contributed by atoms with Crippen molar-refractivity contribution in [2.75, 3.05) is 0 Å². The highest BCUT2D eigenvalue weighted by Crippen LogP contribution is 2.44. The average molecular weight is 494 g/mol. The first-order chi connectivity index (χ1) is 17.2. The summed E-state index contributed by atoms with van der Waals surface area (Å²) in [4.78, 5) is 12.5. The van der Waals surface area contributed by atoms with Crippen LogP contribution in [0.1, 0.15) is 96.8 Å². The molecule has 0 saturated heterocycles. The lowest BCUT2D eigenvalue weighted by atomic mass is 9.66. The van der Waals surface area contributed by atoms with E-state index in [-0.39, 0.29) is 29.8 Å². The number of carbonyl (C=O) groups is 1. The third kappa shape index (κ3) is 6.35. The summed E-state index contributed by atoms with van der Waals surface area (Å²) < 4.78 is 18.3. The van der Waals surface area contributed by atoms with Crippen LogP contribution in [0, 0.1) is 5.41 Å². The zero-order valence-electron chi connectivity index (χ0n) is 22.6. The highest BCUT2D eigenvalue weighted by atomic mass is 16.6. The Balaban J connectivity index is 1.34. The molecule has 1 aliphatic carbocycles. The van der Waals surface area contributed by atoms with Crippen molar-refractivity contribution in [1.82, 2.24) is 5.32 Å². The smallest absolute Gasteiger partial charge is 0.407 e. The van der Waals surface area contributed by atoms with Gasteiger partial charge in [0.05, 0.1) is 6.10 Å². The van der Waals surface area contributed by atoms with Crippen LogP contribution in [0.5, 0.6) is 11.5 Å². The molecule has 4 rings (SSSR count).